The van der Waals surface area contributed by atoms with E-state index in [4.69, 9.17) is 11.6 Å². The molecule has 2 amide bonds. The highest BCUT2D eigenvalue weighted by molar-refractivity contribution is 6.18. The molecule has 5 fully saturated rings. The molecule has 1 aliphatic heterocycles. The Morgan fingerprint density at radius 2 is 1.54 bits per heavy atom. The minimum atomic E-state index is -0.0243. The second kappa shape index (κ2) is 6.51. The lowest BCUT2D eigenvalue weighted by molar-refractivity contribution is -0.158. The summed E-state index contributed by atoms with van der Waals surface area (Å²) in [5, 5.41) is 3.05. The van der Waals surface area contributed by atoms with Crippen molar-refractivity contribution in [1.29, 1.82) is 0 Å². The Morgan fingerprint density at radius 3 is 2.04 bits per heavy atom. The largest absolute Gasteiger partial charge is 0.353 e. The van der Waals surface area contributed by atoms with E-state index in [0.29, 0.717) is 18.2 Å². The summed E-state index contributed by atoms with van der Waals surface area (Å²) in [5.41, 5.74) is -0.0243. The zero-order valence-electron chi connectivity index (χ0n) is 14.4. The monoisotopic (exact) mass is 352 g/mol. The number of carbonyl (C=O) groups is 2. The number of nitrogens with zero attached hydrogens (tertiary/aromatic N) is 1. The Balaban J connectivity index is 1.34. The summed E-state index contributed by atoms with van der Waals surface area (Å²) < 4.78 is 0. The summed E-state index contributed by atoms with van der Waals surface area (Å²) in [7, 11) is 0. The molecule has 4 nitrogen and oxygen atoms in total. The first-order valence-corrected chi connectivity index (χ1v) is 10.3. The van der Waals surface area contributed by atoms with Gasteiger partial charge in [-0.15, -0.1) is 11.6 Å². The molecule has 5 rings (SSSR count). The number of hydrogen-bond donors (Lipinski definition) is 1. The molecule has 1 saturated heterocycles. The number of carbonyl (C=O) groups excluding carboxylic acids is 2. The molecule has 0 aromatic carbocycles. The van der Waals surface area contributed by atoms with Crippen LogP contribution in [0.5, 0.6) is 0 Å². The molecule has 24 heavy (non-hydrogen) atoms. The average Bonchev–Trinajstić information content (AvgIpc) is 2.54. The van der Waals surface area contributed by atoms with Gasteiger partial charge in [-0.3, -0.25) is 9.59 Å². The number of amides is 2. The van der Waals surface area contributed by atoms with Gasteiger partial charge in [-0.05, 0) is 69.1 Å². The smallest absolute Gasteiger partial charge is 0.228 e. The maximum absolute atomic E-state index is 13.3. The van der Waals surface area contributed by atoms with Crippen molar-refractivity contribution in [1.82, 2.24) is 10.2 Å². The fourth-order valence-corrected chi connectivity index (χ4v) is 6.49. The first-order chi connectivity index (χ1) is 11.6. The standard InChI is InChI=1S/C19H29ClN2O2/c20-4-1-17(23)21-16-2-5-22(6-3-16)18(24)19-10-13-7-14(11-19)9-15(8-13)12-19/h13-16H,1-12H2,(H,21,23). The van der Waals surface area contributed by atoms with Crippen LogP contribution < -0.4 is 5.32 Å². The summed E-state index contributed by atoms with van der Waals surface area (Å²) >= 11 is 5.61. The van der Waals surface area contributed by atoms with Crippen molar-refractivity contribution in [3.8, 4) is 0 Å². The van der Waals surface area contributed by atoms with Gasteiger partial charge in [0.15, 0.2) is 0 Å². The van der Waals surface area contributed by atoms with Gasteiger partial charge in [-0.2, -0.15) is 0 Å². The molecule has 4 saturated carbocycles. The van der Waals surface area contributed by atoms with E-state index in [1.807, 2.05) is 0 Å². The third kappa shape index (κ3) is 3.07. The maximum Gasteiger partial charge on any atom is 0.228 e. The molecule has 0 spiro atoms. The van der Waals surface area contributed by atoms with Crippen LogP contribution in [0.4, 0.5) is 0 Å². The van der Waals surface area contributed by atoms with Gasteiger partial charge in [-0.1, -0.05) is 0 Å². The second-order valence-corrected chi connectivity index (χ2v) is 9.15. The van der Waals surface area contributed by atoms with Gasteiger partial charge in [0.25, 0.3) is 0 Å². The van der Waals surface area contributed by atoms with Gasteiger partial charge in [0, 0.05) is 31.4 Å². The first kappa shape index (κ1) is 16.7. The molecule has 0 unspecified atom stereocenters. The normalized spacial score (nSPS) is 38.4. The van der Waals surface area contributed by atoms with Crippen LogP contribution in [0.15, 0.2) is 0 Å². The predicted octanol–water partition coefficient (Wildman–Crippen LogP) is 2.94. The zero-order chi connectivity index (χ0) is 16.7. The van der Waals surface area contributed by atoms with Crippen molar-refractivity contribution >= 4 is 23.4 Å². The van der Waals surface area contributed by atoms with Crippen LogP contribution in [0.3, 0.4) is 0 Å². The van der Waals surface area contributed by atoms with E-state index in [-0.39, 0.29) is 17.4 Å². The fraction of sp³-hybridized carbons (Fsp3) is 0.895. The lowest BCUT2D eigenvalue weighted by Crippen LogP contribution is -2.56. The van der Waals surface area contributed by atoms with Crippen molar-refractivity contribution in [3.05, 3.63) is 0 Å². The lowest BCUT2D eigenvalue weighted by Gasteiger charge is -2.57. The van der Waals surface area contributed by atoms with Crippen molar-refractivity contribution in [3.63, 3.8) is 0 Å². The third-order valence-corrected chi connectivity index (χ3v) is 7.15. The number of nitrogens with one attached hydrogen (secondary N) is 1. The highest BCUT2D eigenvalue weighted by Crippen LogP contribution is 2.60. The molecule has 1 heterocycles. The second-order valence-electron chi connectivity index (χ2n) is 8.77. The molecule has 4 bridgehead atoms. The summed E-state index contributed by atoms with van der Waals surface area (Å²) in [4.78, 5) is 27.1. The molecule has 5 heteroatoms. The molecule has 5 aliphatic rings. The van der Waals surface area contributed by atoms with Crippen LogP contribution in [0.25, 0.3) is 0 Å². The Bertz CT molecular complexity index is 478. The Labute approximate surface area is 149 Å². The van der Waals surface area contributed by atoms with E-state index in [2.05, 4.69) is 10.2 Å². The van der Waals surface area contributed by atoms with Crippen molar-refractivity contribution in [2.24, 2.45) is 23.2 Å². The zero-order valence-corrected chi connectivity index (χ0v) is 15.2. The van der Waals surface area contributed by atoms with Crippen LogP contribution >= 0.6 is 11.6 Å². The van der Waals surface area contributed by atoms with E-state index < -0.39 is 0 Å². The van der Waals surface area contributed by atoms with Crippen LogP contribution in [0.2, 0.25) is 0 Å². The maximum atomic E-state index is 13.3. The van der Waals surface area contributed by atoms with Gasteiger partial charge in [0.05, 0.1) is 5.41 Å². The molecule has 0 aromatic rings. The molecule has 1 N–H and O–H groups in total. The summed E-state index contributed by atoms with van der Waals surface area (Å²) in [6.07, 6.45) is 9.70. The fourth-order valence-electron chi connectivity index (χ4n) is 6.32. The van der Waals surface area contributed by atoms with Gasteiger partial charge >= 0.3 is 0 Å². The van der Waals surface area contributed by atoms with E-state index in [1.165, 1.54) is 19.3 Å². The molecule has 0 aromatic heterocycles. The molecule has 134 valence electrons. The Kier molecular flexibility index (Phi) is 4.53. The summed E-state index contributed by atoms with van der Waals surface area (Å²) in [6, 6.07) is 0.209. The van der Waals surface area contributed by atoms with Crippen LogP contribution in [-0.2, 0) is 9.59 Å². The molecule has 0 atom stereocenters. The number of rotatable bonds is 4. The predicted molar refractivity (Wildman–Crippen MR) is 93.7 cm³/mol. The number of halogens is 1. The number of likely N-dealkylation sites (tertiary alicyclic amines) is 1. The number of hydrogen-bond acceptors (Lipinski definition) is 2. The van der Waals surface area contributed by atoms with Crippen LogP contribution in [0, 0.1) is 23.2 Å². The SMILES string of the molecule is O=C(CCCl)NC1CCN(C(=O)C23CC4CC(CC(C4)C2)C3)CC1. The van der Waals surface area contributed by atoms with E-state index >= 15 is 0 Å². The van der Waals surface area contributed by atoms with Crippen molar-refractivity contribution in [2.45, 2.75) is 63.8 Å². The molecule has 0 radical (unpaired) electrons. The lowest BCUT2D eigenvalue weighted by atomic mass is 9.49. The summed E-state index contributed by atoms with van der Waals surface area (Å²) in [5.74, 6) is 3.28. The van der Waals surface area contributed by atoms with Crippen LogP contribution in [0.1, 0.15) is 57.8 Å². The third-order valence-electron chi connectivity index (χ3n) is 6.96. The van der Waals surface area contributed by atoms with Crippen molar-refractivity contribution < 1.29 is 9.59 Å². The van der Waals surface area contributed by atoms with Gasteiger partial charge in [-0.25, -0.2) is 0 Å². The van der Waals surface area contributed by atoms with E-state index in [9.17, 15) is 9.59 Å². The van der Waals surface area contributed by atoms with Gasteiger partial charge in [0.1, 0.15) is 0 Å². The van der Waals surface area contributed by atoms with Crippen molar-refractivity contribution in [2.75, 3.05) is 19.0 Å². The first-order valence-electron chi connectivity index (χ1n) is 9.73. The van der Waals surface area contributed by atoms with Crippen LogP contribution in [-0.4, -0.2) is 41.7 Å². The quantitative estimate of drug-likeness (QED) is 0.791. The Morgan fingerprint density at radius 1 is 1.00 bits per heavy atom. The topological polar surface area (TPSA) is 49.4 Å². The molecular formula is C19H29ClN2O2. The summed E-state index contributed by atoms with van der Waals surface area (Å²) in [6.45, 7) is 1.60. The molecule has 4 aliphatic carbocycles. The highest BCUT2D eigenvalue weighted by atomic mass is 35.5. The minimum Gasteiger partial charge on any atom is -0.353 e. The number of piperidine rings is 1. The molecular weight excluding hydrogens is 324 g/mol. The highest BCUT2D eigenvalue weighted by Gasteiger charge is 2.55. The van der Waals surface area contributed by atoms with Gasteiger partial charge < -0.3 is 10.2 Å². The average molecular weight is 353 g/mol. The Hall–Kier alpha value is -0.770. The van der Waals surface area contributed by atoms with Gasteiger partial charge in [0.2, 0.25) is 11.8 Å². The minimum absolute atomic E-state index is 0.0243. The number of alkyl halides is 1. The van der Waals surface area contributed by atoms with E-state index in [0.717, 1.165) is 62.9 Å². The van der Waals surface area contributed by atoms with E-state index in [1.54, 1.807) is 0 Å².